The molecule has 0 amide bonds. The molecule has 0 spiro atoms. The number of aliphatic imine (C=N–C) groups is 1. The molecule has 2 aliphatic heterocycles. The molecule has 8 heteroatoms. The molecule has 2 aromatic heterocycles. The number of nitrogens with zero attached hydrogens (tertiary/aromatic N) is 6. The van der Waals surface area contributed by atoms with Crippen LogP contribution in [0.1, 0.15) is 35.7 Å². The van der Waals surface area contributed by atoms with Crippen LogP contribution in [0.15, 0.2) is 53.9 Å². The first-order valence-electron chi connectivity index (χ1n) is 11.5. The van der Waals surface area contributed by atoms with Crippen LogP contribution in [0.5, 0.6) is 5.75 Å². The molecular weight excluding hydrogens is 414 g/mol. The van der Waals surface area contributed by atoms with E-state index in [1.165, 1.54) is 0 Å². The number of likely N-dealkylation sites (tertiary alicyclic amines) is 1. The van der Waals surface area contributed by atoms with Crippen molar-refractivity contribution < 1.29 is 4.74 Å². The van der Waals surface area contributed by atoms with Crippen LogP contribution < -0.4 is 10.2 Å². The Balaban J connectivity index is 1.37. The summed E-state index contributed by atoms with van der Waals surface area (Å²) in [5.74, 6) is 0.852. The molecule has 1 unspecified atom stereocenters. The van der Waals surface area contributed by atoms with Crippen molar-refractivity contribution in [3.63, 3.8) is 0 Å². The van der Waals surface area contributed by atoms with Crippen molar-refractivity contribution in [3.8, 4) is 5.75 Å². The molecule has 1 saturated heterocycles. The average molecular weight is 446 g/mol. The van der Waals surface area contributed by atoms with Gasteiger partial charge in [0.1, 0.15) is 11.8 Å². The number of fused-ring (bicyclic) bond motifs is 1. The van der Waals surface area contributed by atoms with Gasteiger partial charge >= 0.3 is 0 Å². The number of benzene rings is 1. The average Bonchev–Trinajstić information content (AvgIpc) is 3.16. The van der Waals surface area contributed by atoms with Gasteiger partial charge in [-0.05, 0) is 63.7 Å². The molecule has 0 saturated carbocycles. The van der Waals surface area contributed by atoms with E-state index in [-0.39, 0.29) is 6.04 Å². The quantitative estimate of drug-likeness (QED) is 0.628. The molecule has 2 aliphatic rings. The summed E-state index contributed by atoms with van der Waals surface area (Å²) in [6, 6.07) is 10.7. The highest BCUT2D eigenvalue weighted by Gasteiger charge is 2.24. The van der Waals surface area contributed by atoms with Crippen LogP contribution in [0, 0.1) is 6.92 Å². The van der Waals surface area contributed by atoms with Crippen LogP contribution in [0.25, 0.3) is 11.0 Å². The van der Waals surface area contributed by atoms with E-state index >= 15 is 0 Å². The lowest BCUT2D eigenvalue weighted by molar-refractivity contribution is 0.146. The molecule has 1 fully saturated rings. The van der Waals surface area contributed by atoms with Gasteiger partial charge < -0.3 is 14.6 Å². The number of hydrazine groups is 1. The van der Waals surface area contributed by atoms with Gasteiger partial charge in [0, 0.05) is 41.8 Å². The molecule has 5 rings (SSSR count). The van der Waals surface area contributed by atoms with Crippen molar-refractivity contribution in [3.05, 3.63) is 65.7 Å². The van der Waals surface area contributed by atoms with Gasteiger partial charge in [-0.25, -0.2) is 15.1 Å². The van der Waals surface area contributed by atoms with Crippen molar-refractivity contribution in [2.45, 2.75) is 38.4 Å². The number of rotatable bonds is 6. The molecule has 0 radical (unpaired) electrons. The summed E-state index contributed by atoms with van der Waals surface area (Å²) in [5.41, 5.74) is 7.83. The van der Waals surface area contributed by atoms with Crippen LogP contribution >= 0.6 is 0 Å². The molecule has 3 aromatic rings. The van der Waals surface area contributed by atoms with Gasteiger partial charge in [0.2, 0.25) is 0 Å². The Kier molecular flexibility index (Phi) is 6.11. The minimum absolute atomic E-state index is 0.00380. The Hall–Kier alpha value is -3.23. The van der Waals surface area contributed by atoms with E-state index in [0.717, 1.165) is 59.5 Å². The van der Waals surface area contributed by atoms with Gasteiger partial charge in [0.25, 0.3) is 0 Å². The highest BCUT2D eigenvalue weighted by Crippen LogP contribution is 2.26. The van der Waals surface area contributed by atoms with Gasteiger partial charge in [-0.2, -0.15) is 5.10 Å². The molecule has 8 nitrogen and oxygen atoms in total. The first-order chi connectivity index (χ1) is 16.1. The smallest absolute Gasteiger partial charge is 0.158 e. The number of aromatic nitrogens is 3. The zero-order valence-corrected chi connectivity index (χ0v) is 19.5. The van der Waals surface area contributed by atoms with Crippen molar-refractivity contribution in [2.75, 3.05) is 27.2 Å². The van der Waals surface area contributed by atoms with E-state index < -0.39 is 0 Å². The molecule has 172 valence electrons. The van der Waals surface area contributed by atoms with Crippen molar-refractivity contribution >= 4 is 17.2 Å². The SMILES string of the molecule is COc1ccc(Cn2nc(C)c3cc(C4C=NC=CN4NC4CCN(C)CC4)cnc32)cc1. The fourth-order valence-electron chi connectivity index (χ4n) is 4.53. The number of hydrogen-bond acceptors (Lipinski definition) is 7. The second-order valence-electron chi connectivity index (χ2n) is 8.89. The zero-order chi connectivity index (χ0) is 22.8. The van der Waals surface area contributed by atoms with Gasteiger partial charge in [0.05, 0.1) is 19.3 Å². The summed E-state index contributed by atoms with van der Waals surface area (Å²) >= 11 is 0. The number of aryl methyl sites for hydroxylation is 1. The van der Waals surface area contributed by atoms with E-state index in [2.05, 4.69) is 45.6 Å². The van der Waals surface area contributed by atoms with E-state index in [0.29, 0.717) is 12.6 Å². The molecule has 1 atom stereocenters. The largest absolute Gasteiger partial charge is 0.497 e. The molecular formula is C25H31N7O. The number of ether oxygens (including phenoxy) is 1. The molecule has 1 N–H and O–H groups in total. The Morgan fingerprint density at radius 1 is 1.15 bits per heavy atom. The number of hydrogen-bond donors (Lipinski definition) is 1. The van der Waals surface area contributed by atoms with Gasteiger partial charge in [-0.1, -0.05) is 12.1 Å². The molecule has 1 aromatic carbocycles. The third kappa shape index (κ3) is 4.62. The lowest BCUT2D eigenvalue weighted by Crippen LogP contribution is -2.49. The Morgan fingerprint density at radius 2 is 1.94 bits per heavy atom. The summed E-state index contributed by atoms with van der Waals surface area (Å²) in [5, 5.41) is 8.02. The second-order valence-corrected chi connectivity index (χ2v) is 8.89. The molecule has 4 heterocycles. The minimum Gasteiger partial charge on any atom is -0.497 e. The number of methoxy groups -OCH3 is 1. The zero-order valence-electron chi connectivity index (χ0n) is 19.5. The van der Waals surface area contributed by atoms with Gasteiger partial charge in [0.15, 0.2) is 5.65 Å². The number of piperidine rings is 1. The standard InChI is InChI=1S/C25H31N7O/c1-18-23-14-20(24-16-26-10-13-31(24)29-21-8-11-30(2)12-9-21)15-27-25(23)32(28-18)17-19-4-6-22(33-3)7-5-19/h4-7,10,13-16,21,24,29H,8-9,11-12,17H2,1-3H3. The summed E-state index contributed by atoms with van der Waals surface area (Å²) in [6.45, 7) is 4.95. The van der Waals surface area contributed by atoms with Crippen molar-refractivity contribution in [2.24, 2.45) is 4.99 Å². The highest BCUT2D eigenvalue weighted by atomic mass is 16.5. The summed E-state index contributed by atoms with van der Waals surface area (Å²) in [7, 11) is 3.86. The minimum atomic E-state index is -0.00380. The first-order valence-corrected chi connectivity index (χ1v) is 11.5. The summed E-state index contributed by atoms with van der Waals surface area (Å²) < 4.78 is 7.24. The van der Waals surface area contributed by atoms with E-state index in [1.807, 2.05) is 48.5 Å². The molecule has 0 bridgehead atoms. The fourth-order valence-corrected chi connectivity index (χ4v) is 4.53. The highest BCUT2D eigenvalue weighted by molar-refractivity contribution is 5.80. The fraction of sp³-hybridized carbons (Fsp3) is 0.400. The van der Waals surface area contributed by atoms with Gasteiger partial charge in [-0.15, -0.1) is 0 Å². The van der Waals surface area contributed by atoms with Crippen LogP contribution in [0.2, 0.25) is 0 Å². The number of pyridine rings is 1. The normalized spacial score (nSPS) is 19.5. The van der Waals surface area contributed by atoms with Crippen LogP contribution in [0.3, 0.4) is 0 Å². The predicted octanol–water partition coefficient (Wildman–Crippen LogP) is 3.29. The maximum absolute atomic E-state index is 5.26. The van der Waals surface area contributed by atoms with Crippen LogP contribution in [-0.4, -0.2) is 64.2 Å². The van der Waals surface area contributed by atoms with E-state index in [9.17, 15) is 0 Å². The monoisotopic (exact) mass is 445 g/mol. The summed E-state index contributed by atoms with van der Waals surface area (Å²) in [6.07, 6.45) is 10.1. The molecule has 33 heavy (non-hydrogen) atoms. The van der Waals surface area contributed by atoms with Crippen LogP contribution in [0.4, 0.5) is 0 Å². The van der Waals surface area contributed by atoms with Crippen molar-refractivity contribution in [1.82, 2.24) is 30.1 Å². The Morgan fingerprint density at radius 3 is 2.70 bits per heavy atom. The maximum Gasteiger partial charge on any atom is 0.158 e. The Bertz CT molecular complexity index is 1160. The Labute approximate surface area is 194 Å². The maximum atomic E-state index is 5.26. The van der Waals surface area contributed by atoms with E-state index in [1.54, 1.807) is 7.11 Å². The lowest BCUT2D eigenvalue weighted by Gasteiger charge is -2.37. The topological polar surface area (TPSA) is 70.8 Å². The predicted molar refractivity (Wildman–Crippen MR) is 130 cm³/mol. The third-order valence-electron chi connectivity index (χ3n) is 6.52. The lowest BCUT2D eigenvalue weighted by atomic mass is 10.1. The summed E-state index contributed by atoms with van der Waals surface area (Å²) in [4.78, 5) is 11.6. The molecule has 0 aliphatic carbocycles. The third-order valence-corrected chi connectivity index (χ3v) is 6.52. The van der Waals surface area contributed by atoms with Crippen LogP contribution in [-0.2, 0) is 6.54 Å². The number of nitrogens with one attached hydrogen (secondary N) is 1. The van der Waals surface area contributed by atoms with Crippen molar-refractivity contribution in [1.29, 1.82) is 0 Å². The first kappa shape index (κ1) is 21.6. The van der Waals surface area contributed by atoms with Gasteiger partial charge in [-0.3, -0.25) is 4.99 Å². The van der Waals surface area contributed by atoms with E-state index in [4.69, 9.17) is 14.8 Å². The second kappa shape index (κ2) is 9.33.